The van der Waals surface area contributed by atoms with Gasteiger partial charge in [0.05, 0.1) is 0 Å². The van der Waals surface area contributed by atoms with Crippen LogP contribution in [0.3, 0.4) is 0 Å². The van der Waals surface area contributed by atoms with Crippen molar-refractivity contribution in [3.8, 4) is 0 Å². The Morgan fingerprint density at radius 2 is 1.77 bits per heavy atom. The molecule has 0 aromatic heterocycles. The first-order chi connectivity index (χ1) is 14.2. The van der Waals surface area contributed by atoms with Gasteiger partial charge in [0.25, 0.3) is 0 Å². The summed E-state index contributed by atoms with van der Waals surface area (Å²) in [6.07, 6.45) is 18.5. The molecule has 0 N–H and O–H groups in total. The molecular formula is C29H46O. The van der Waals surface area contributed by atoms with Gasteiger partial charge in [-0.2, -0.15) is 0 Å². The van der Waals surface area contributed by atoms with Crippen molar-refractivity contribution >= 4 is 5.78 Å². The maximum Gasteiger partial charge on any atom is 0.155 e. The van der Waals surface area contributed by atoms with Gasteiger partial charge in [-0.3, -0.25) is 4.79 Å². The number of carbonyl (C=O) groups is 1. The van der Waals surface area contributed by atoms with Gasteiger partial charge in [0, 0.05) is 6.42 Å². The SMILES string of the molecule is CCC(/C=C/[C@@H](C)[C@H]1CC[C@H]2[C@@H]3CCC4=CC(=O)CC[C@]4(C)[C@H]3CC[C@]12C)C(C)C. The molecule has 1 unspecified atom stereocenters. The van der Waals surface area contributed by atoms with Crippen LogP contribution in [-0.2, 0) is 4.79 Å². The summed E-state index contributed by atoms with van der Waals surface area (Å²) < 4.78 is 0. The van der Waals surface area contributed by atoms with Crippen LogP contribution in [0, 0.1) is 52.3 Å². The van der Waals surface area contributed by atoms with Crippen LogP contribution in [-0.4, -0.2) is 5.78 Å². The lowest BCUT2D eigenvalue weighted by Crippen LogP contribution is -2.50. The van der Waals surface area contributed by atoms with Crippen LogP contribution in [0.2, 0.25) is 0 Å². The molecule has 0 heterocycles. The fourth-order valence-electron chi connectivity index (χ4n) is 8.75. The maximum atomic E-state index is 12.1. The quantitative estimate of drug-likeness (QED) is 0.419. The van der Waals surface area contributed by atoms with E-state index in [1.54, 1.807) is 0 Å². The Hall–Kier alpha value is -0.850. The van der Waals surface area contributed by atoms with Crippen LogP contribution in [0.4, 0.5) is 0 Å². The summed E-state index contributed by atoms with van der Waals surface area (Å²) in [6, 6.07) is 0. The molecule has 8 atom stereocenters. The minimum Gasteiger partial charge on any atom is -0.295 e. The molecule has 0 saturated heterocycles. The number of rotatable bonds is 5. The Labute approximate surface area is 186 Å². The predicted molar refractivity (Wildman–Crippen MR) is 127 cm³/mol. The second kappa shape index (κ2) is 8.25. The molecule has 0 aromatic carbocycles. The zero-order valence-corrected chi connectivity index (χ0v) is 20.5. The summed E-state index contributed by atoms with van der Waals surface area (Å²) in [5.74, 6) is 6.01. The maximum absolute atomic E-state index is 12.1. The van der Waals surface area contributed by atoms with Gasteiger partial charge in [-0.25, -0.2) is 0 Å². The summed E-state index contributed by atoms with van der Waals surface area (Å²) in [5.41, 5.74) is 2.34. The van der Waals surface area contributed by atoms with Crippen molar-refractivity contribution in [2.45, 2.75) is 99.3 Å². The minimum atomic E-state index is 0.313. The third-order valence-electron chi connectivity index (χ3n) is 10.7. The number of carbonyl (C=O) groups excluding carboxylic acids is 1. The fourth-order valence-corrected chi connectivity index (χ4v) is 8.75. The average molecular weight is 411 g/mol. The van der Waals surface area contributed by atoms with Crippen molar-refractivity contribution in [3.05, 3.63) is 23.8 Å². The zero-order chi connectivity index (χ0) is 21.7. The Bertz CT molecular complexity index is 714. The van der Waals surface area contributed by atoms with Gasteiger partial charge in [0.1, 0.15) is 0 Å². The van der Waals surface area contributed by atoms with Crippen molar-refractivity contribution in [2.24, 2.45) is 52.3 Å². The Balaban J connectivity index is 1.52. The molecule has 0 amide bonds. The highest BCUT2D eigenvalue weighted by molar-refractivity contribution is 5.91. The molecule has 4 aliphatic carbocycles. The third-order valence-corrected chi connectivity index (χ3v) is 10.7. The molecule has 0 aromatic rings. The van der Waals surface area contributed by atoms with E-state index in [1.807, 2.05) is 0 Å². The topological polar surface area (TPSA) is 17.1 Å². The van der Waals surface area contributed by atoms with Crippen LogP contribution in [0.25, 0.3) is 0 Å². The summed E-state index contributed by atoms with van der Waals surface area (Å²) in [6.45, 7) is 14.7. The number of hydrogen-bond acceptors (Lipinski definition) is 1. The van der Waals surface area contributed by atoms with Crippen LogP contribution < -0.4 is 0 Å². The van der Waals surface area contributed by atoms with Crippen LogP contribution in [0.1, 0.15) is 99.3 Å². The van der Waals surface area contributed by atoms with Crippen LogP contribution >= 0.6 is 0 Å². The third kappa shape index (κ3) is 3.57. The molecule has 3 fully saturated rings. The van der Waals surface area contributed by atoms with Crippen LogP contribution in [0.5, 0.6) is 0 Å². The van der Waals surface area contributed by atoms with Gasteiger partial charge in [0.15, 0.2) is 5.78 Å². The van der Waals surface area contributed by atoms with Crippen molar-refractivity contribution in [1.82, 2.24) is 0 Å². The first kappa shape index (κ1) is 22.3. The molecule has 0 bridgehead atoms. The van der Waals surface area contributed by atoms with E-state index in [4.69, 9.17) is 0 Å². The molecule has 1 heteroatoms. The highest BCUT2D eigenvalue weighted by Crippen LogP contribution is 2.67. The summed E-state index contributed by atoms with van der Waals surface area (Å²) in [5, 5.41) is 0. The zero-order valence-electron chi connectivity index (χ0n) is 20.5. The summed E-state index contributed by atoms with van der Waals surface area (Å²) in [4.78, 5) is 12.1. The average Bonchev–Trinajstić information content (AvgIpc) is 3.06. The lowest BCUT2D eigenvalue weighted by atomic mass is 9.46. The lowest BCUT2D eigenvalue weighted by Gasteiger charge is -2.58. The monoisotopic (exact) mass is 410 g/mol. The van der Waals surface area contributed by atoms with E-state index in [9.17, 15) is 4.79 Å². The van der Waals surface area contributed by atoms with Gasteiger partial charge >= 0.3 is 0 Å². The van der Waals surface area contributed by atoms with Crippen LogP contribution in [0.15, 0.2) is 23.8 Å². The van der Waals surface area contributed by atoms with Crippen molar-refractivity contribution in [1.29, 1.82) is 0 Å². The fraction of sp³-hybridized carbons (Fsp3) is 0.828. The lowest BCUT2D eigenvalue weighted by molar-refractivity contribution is -0.117. The highest BCUT2D eigenvalue weighted by Gasteiger charge is 2.59. The van der Waals surface area contributed by atoms with Gasteiger partial charge in [-0.1, -0.05) is 59.3 Å². The van der Waals surface area contributed by atoms with Gasteiger partial charge < -0.3 is 0 Å². The van der Waals surface area contributed by atoms with E-state index in [-0.39, 0.29) is 0 Å². The Morgan fingerprint density at radius 1 is 1.00 bits per heavy atom. The van der Waals surface area contributed by atoms with Gasteiger partial charge in [0.2, 0.25) is 0 Å². The minimum absolute atomic E-state index is 0.313. The number of fused-ring (bicyclic) bond motifs is 5. The molecule has 0 spiro atoms. The molecule has 168 valence electrons. The van der Waals surface area contributed by atoms with E-state index >= 15 is 0 Å². The molecule has 3 saturated carbocycles. The van der Waals surface area contributed by atoms with Crippen molar-refractivity contribution in [3.63, 3.8) is 0 Å². The predicted octanol–water partition coefficient (Wildman–Crippen LogP) is 8.01. The first-order valence-corrected chi connectivity index (χ1v) is 13.1. The molecule has 4 aliphatic rings. The number of allylic oxidation sites excluding steroid dienone is 3. The van der Waals surface area contributed by atoms with E-state index in [1.165, 1.54) is 50.5 Å². The standard InChI is InChI=1S/C29H46O/c1-7-21(19(2)3)9-8-20(4)25-12-13-26-24-11-10-22-18-23(30)14-16-28(22,5)27(24)15-17-29(25,26)6/h8-9,18-21,24-27H,7,10-17H2,1-6H3/b9-8+/t20-,21?,24+,25-,26+,27+,28+,29-/m1/s1. The molecular weight excluding hydrogens is 364 g/mol. The molecule has 30 heavy (non-hydrogen) atoms. The summed E-state index contributed by atoms with van der Waals surface area (Å²) >= 11 is 0. The second-order valence-corrected chi connectivity index (χ2v) is 12.3. The Morgan fingerprint density at radius 3 is 2.47 bits per heavy atom. The molecule has 0 aliphatic heterocycles. The van der Waals surface area contributed by atoms with E-state index in [2.05, 4.69) is 59.8 Å². The van der Waals surface area contributed by atoms with E-state index in [0.717, 1.165) is 48.3 Å². The first-order valence-electron chi connectivity index (χ1n) is 13.1. The second-order valence-electron chi connectivity index (χ2n) is 12.3. The summed E-state index contributed by atoms with van der Waals surface area (Å²) in [7, 11) is 0. The van der Waals surface area contributed by atoms with Gasteiger partial charge in [-0.05, 0) is 110 Å². The number of hydrogen-bond donors (Lipinski definition) is 0. The van der Waals surface area contributed by atoms with Gasteiger partial charge in [-0.15, -0.1) is 0 Å². The number of ketones is 1. The molecule has 1 nitrogen and oxygen atoms in total. The smallest absolute Gasteiger partial charge is 0.155 e. The van der Waals surface area contributed by atoms with Crippen molar-refractivity contribution < 1.29 is 4.79 Å². The normalized spacial score (nSPS) is 43.2. The molecule has 4 rings (SSSR count). The van der Waals surface area contributed by atoms with E-state index < -0.39 is 0 Å². The largest absolute Gasteiger partial charge is 0.295 e. The molecule has 0 radical (unpaired) electrons. The van der Waals surface area contributed by atoms with E-state index in [0.29, 0.717) is 22.5 Å². The Kier molecular flexibility index (Phi) is 6.15. The highest BCUT2D eigenvalue weighted by atomic mass is 16.1. The van der Waals surface area contributed by atoms with Crippen molar-refractivity contribution in [2.75, 3.05) is 0 Å².